The van der Waals surface area contributed by atoms with E-state index in [1.54, 1.807) is 0 Å². The standard InChI is InChI=1S/C13H19NO4/c1-14(2)3-4-17-12(15)10-7-5-8-9(6-7)18-13(16)11(8)10/h7-11H,3-6H2,1-2H3/t7-,8+,9-,10-,11+/m1/s1. The van der Waals surface area contributed by atoms with Gasteiger partial charge in [-0.25, -0.2) is 0 Å². The highest BCUT2D eigenvalue weighted by Crippen LogP contribution is 2.57. The molecule has 0 spiro atoms. The van der Waals surface area contributed by atoms with Crippen LogP contribution in [0.1, 0.15) is 12.8 Å². The highest BCUT2D eigenvalue weighted by Gasteiger charge is 2.64. The largest absolute Gasteiger partial charge is 0.464 e. The molecule has 18 heavy (non-hydrogen) atoms. The number of nitrogens with zero attached hydrogens (tertiary/aromatic N) is 1. The zero-order chi connectivity index (χ0) is 12.9. The zero-order valence-corrected chi connectivity index (χ0v) is 10.8. The first-order valence-electron chi connectivity index (χ1n) is 6.60. The number of esters is 2. The second-order valence-electron chi connectivity index (χ2n) is 5.89. The Balaban J connectivity index is 1.63. The summed E-state index contributed by atoms with van der Waals surface area (Å²) >= 11 is 0. The summed E-state index contributed by atoms with van der Waals surface area (Å²) in [6, 6.07) is 0. The molecule has 0 aromatic carbocycles. The van der Waals surface area contributed by atoms with E-state index in [9.17, 15) is 9.59 Å². The Labute approximate surface area is 106 Å². The molecule has 3 rings (SSSR count). The van der Waals surface area contributed by atoms with E-state index in [0.717, 1.165) is 12.8 Å². The molecular formula is C13H19NO4. The maximum Gasteiger partial charge on any atom is 0.310 e. The number of carbonyl (C=O) groups excluding carboxylic acids is 2. The van der Waals surface area contributed by atoms with Crippen LogP contribution in [-0.2, 0) is 19.1 Å². The molecule has 5 heteroatoms. The summed E-state index contributed by atoms with van der Waals surface area (Å²) in [5.74, 6) is -0.285. The van der Waals surface area contributed by atoms with Crippen molar-refractivity contribution >= 4 is 11.9 Å². The summed E-state index contributed by atoms with van der Waals surface area (Å²) in [6.45, 7) is 1.11. The van der Waals surface area contributed by atoms with Gasteiger partial charge in [0.05, 0.1) is 11.8 Å². The fourth-order valence-corrected chi connectivity index (χ4v) is 3.75. The summed E-state index contributed by atoms with van der Waals surface area (Å²) in [7, 11) is 3.87. The van der Waals surface area contributed by atoms with E-state index >= 15 is 0 Å². The minimum atomic E-state index is -0.247. The van der Waals surface area contributed by atoms with Gasteiger partial charge < -0.3 is 14.4 Å². The van der Waals surface area contributed by atoms with Gasteiger partial charge in [-0.3, -0.25) is 9.59 Å². The quantitative estimate of drug-likeness (QED) is 0.674. The molecule has 0 radical (unpaired) electrons. The predicted molar refractivity (Wildman–Crippen MR) is 62.6 cm³/mol. The maximum atomic E-state index is 12.1. The lowest BCUT2D eigenvalue weighted by molar-refractivity contribution is -0.156. The van der Waals surface area contributed by atoms with Gasteiger partial charge in [-0.1, -0.05) is 0 Å². The van der Waals surface area contributed by atoms with Gasteiger partial charge in [-0.2, -0.15) is 0 Å². The number of hydrogen-bond acceptors (Lipinski definition) is 5. The van der Waals surface area contributed by atoms with Gasteiger partial charge in [0, 0.05) is 12.5 Å². The first-order valence-corrected chi connectivity index (χ1v) is 6.60. The van der Waals surface area contributed by atoms with Crippen LogP contribution in [0.2, 0.25) is 0 Å². The topological polar surface area (TPSA) is 55.8 Å². The van der Waals surface area contributed by atoms with E-state index in [4.69, 9.17) is 9.47 Å². The average Bonchev–Trinajstić information content (AvgIpc) is 2.88. The molecular weight excluding hydrogens is 234 g/mol. The van der Waals surface area contributed by atoms with Crippen LogP contribution < -0.4 is 0 Å². The molecule has 0 aromatic heterocycles. The van der Waals surface area contributed by atoms with Crippen molar-refractivity contribution in [2.24, 2.45) is 23.7 Å². The Morgan fingerprint density at radius 2 is 2.22 bits per heavy atom. The van der Waals surface area contributed by atoms with E-state index < -0.39 is 0 Å². The van der Waals surface area contributed by atoms with Crippen LogP contribution in [0.4, 0.5) is 0 Å². The Kier molecular flexibility index (Phi) is 2.81. The van der Waals surface area contributed by atoms with E-state index in [-0.39, 0.29) is 35.8 Å². The van der Waals surface area contributed by atoms with Crippen molar-refractivity contribution in [2.45, 2.75) is 18.9 Å². The van der Waals surface area contributed by atoms with Crippen LogP contribution in [0.25, 0.3) is 0 Å². The molecule has 3 aliphatic rings. The molecule has 1 heterocycles. The molecule has 0 N–H and O–H groups in total. The lowest BCUT2D eigenvalue weighted by Crippen LogP contribution is -2.34. The van der Waals surface area contributed by atoms with Gasteiger partial charge in [0.15, 0.2) is 0 Å². The van der Waals surface area contributed by atoms with Crippen LogP contribution in [0.5, 0.6) is 0 Å². The maximum absolute atomic E-state index is 12.1. The first-order chi connectivity index (χ1) is 8.58. The van der Waals surface area contributed by atoms with Crippen LogP contribution in [0, 0.1) is 23.7 Å². The Morgan fingerprint density at radius 1 is 1.44 bits per heavy atom. The molecule has 5 nitrogen and oxygen atoms in total. The lowest BCUT2D eigenvalue weighted by Gasteiger charge is -2.23. The number of carbonyl (C=O) groups is 2. The Bertz CT molecular complexity index is 379. The van der Waals surface area contributed by atoms with Crippen molar-refractivity contribution < 1.29 is 19.1 Å². The molecule has 0 aromatic rings. The molecule has 2 saturated carbocycles. The zero-order valence-electron chi connectivity index (χ0n) is 10.8. The number of likely N-dealkylation sites (N-methyl/N-ethyl adjacent to an activating group) is 1. The summed E-state index contributed by atoms with van der Waals surface area (Å²) < 4.78 is 10.6. The second-order valence-corrected chi connectivity index (χ2v) is 5.89. The number of ether oxygens (including phenoxy) is 2. The minimum absolute atomic E-state index is 0.0818. The second kappa shape index (κ2) is 4.23. The van der Waals surface area contributed by atoms with E-state index in [0.29, 0.717) is 19.1 Å². The van der Waals surface area contributed by atoms with Crippen molar-refractivity contribution in [3.63, 3.8) is 0 Å². The summed E-state index contributed by atoms with van der Waals surface area (Å²) in [4.78, 5) is 25.8. The van der Waals surface area contributed by atoms with Crippen LogP contribution in [0.15, 0.2) is 0 Å². The molecule has 0 unspecified atom stereocenters. The van der Waals surface area contributed by atoms with E-state index in [1.165, 1.54) is 0 Å². The molecule has 2 aliphatic carbocycles. The van der Waals surface area contributed by atoms with Gasteiger partial charge in [-0.05, 0) is 32.9 Å². The predicted octanol–water partition coefficient (Wildman–Crippen LogP) is 0.289. The normalized spacial score (nSPS) is 40.4. The smallest absolute Gasteiger partial charge is 0.310 e. The van der Waals surface area contributed by atoms with Crippen LogP contribution in [0.3, 0.4) is 0 Å². The molecule has 5 atom stereocenters. The van der Waals surface area contributed by atoms with Crippen molar-refractivity contribution in [3.05, 3.63) is 0 Å². The van der Waals surface area contributed by atoms with E-state index in [2.05, 4.69) is 0 Å². The minimum Gasteiger partial charge on any atom is -0.464 e. The van der Waals surface area contributed by atoms with Gasteiger partial charge in [0.1, 0.15) is 12.7 Å². The average molecular weight is 253 g/mol. The summed E-state index contributed by atoms with van der Waals surface area (Å²) in [5, 5.41) is 0. The molecule has 3 fully saturated rings. The summed E-state index contributed by atoms with van der Waals surface area (Å²) in [6.07, 6.45) is 1.88. The monoisotopic (exact) mass is 253 g/mol. The third-order valence-electron chi connectivity index (χ3n) is 4.54. The third-order valence-corrected chi connectivity index (χ3v) is 4.54. The van der Waals surface area contributed by atoms with Gasteiger partial charge in [0.25, 0.3) is 0 Å². The lowest BCUT2D eigenvalue weighted by atomic mass is 9.80. The van der Waals surface area contributed by atoms with Crippen molar-refractivity contribution in [1.29, 1.82) is 0 Å². The van der Waals surface area contributed by atoms with Crippen molar-refractivity contribution in [2.75, 3.05) is 27.2 Å². The van der Waals surface area contributed by atoms with Gasteiger partial charge >= 0.3 is 11.9 Å². The SMILES string of the molecule is CN(C)CCOC(=O)[C@@H]1[C@@H]2C[C@@H]3[C@@H]1C(=O)O[C@@H]3C2. The van der Waals surface area contributed by atoms with Gasteiger partial charge in [0.2, 0.25) is 0 Å². The molecule has 2 bridgehead atoms. The van der Waals surface area contributed by atoms with Gasteiger partial charge in [-0.15, -0.1) is 0 Å². The Morgan fingerprint density at radius 3 is 2.94 bits per heavy atom. The first kappa shape index (κ1) is 12.0. The van der Waals surface area contributed by atoms with Crippen molar-refractivity contribution in [1.82, 2.24) is 4.90 Å². The fraction of sp³-hybridized carbons (Fsp3) is 0.846. The summed E-state index contributed by atoms with van der Waals surface area (Å²) in [5.41, 5.74) is 0. The highest BCUT2D eigenvalue weighted by molar-refractivity contribution is 5.85. The van der Waals surface area contributed by atoms with Crippen LogP contribution >= 0.6 is 0 Å². The highest BCUT2D eigenvalue weighted by atomic mass is 16.6. The number of rotatable bonds is 4. The Hall–Kier alpha value is -1.10. The number of fused-ring (bicyclic) bond motifs is 1. The third kappa shape index (κ3) is 1.72. The molecule has 100 valence electrons. The molecule has 1 aliphatic heterocycles. The van der Waals surface area contributed by atoms with E-state index in [1.807, 2.05) is 19.0 Å². The molecule has 1 saturated heterocycles. The fourth-order valence-electron chi connectivity index (χ4n) is 3.75. The molecule has 0 amide bonds. The van der Waals surface area contributed by atoms with Crippen molar-refractivity contribution in [3.8, 4) is 0 Å². The number of hydrogen-bond donors (Lipinski definition) is 0. The van der Waals surface area contributed by atoms with Crippen LogP contribution in [-0.4, -0.2) is 50.2 Å².